The molecule has 0 amide bonds. The molecule has 16 heavy (non-hydrogen) atoms. The smallest absolute Gasteiger partial charge is 0.248 e. The molecule has 6 heteroatoms. The molecule has 0 bridgehead atoms. The van der Waals surface area contributed by atoms with Crippen molar-refractivity contribution in [3.05, 3.63) is 42.7 Å². The first-order valence-corrected chi connectivity index (χ1v) is 4.64. The van der Waals surface area contributed by atoms with Crippen LogP contribution in [0, 0.1) is 0 Å². The summed E-state index contributed by atoms with van der Waals surface area (Å²) in [5, 5.41) is 12.9. The summed E-state index contributed by atoms with van der Waals surface area (Å²) in [7, 11) is 0. The second-order valence-electron chi connectivity index (χ2n) is 3.10. The van der Waals surface area contributed by atoms with Gasteiger partial charge in [-0.25, -0.2) is 15.2 Å². The molecule has 4 N–H and O–H groups in total. The quantitative estimate of drug-likeness (QED) is 0.377. The Kier molecular flexibility index (Phi) is 2.84. The van der Waals surface area contributed by atoms with Crippen LogP contribution >= 0.6 is 0 Å². The lowest BCUT2D eigenvalue weighted by molar-refractivity contribution is 0.229. The Labute approximate surface area is 92.0 Å². The van der Waals surface area contributed by atoms with Gasteiger partial charge in [-0.3, -0.25) is 5.21 Å². The Morgan fingerprint density at radius 3 is 2.69 bits per heavy atom. The number of hydrogen-bond acceptors (Lipinski definition) is 4. The molecule has 0 spiro atoms. The van der Waals surface area contributed by atoms with E-state index in [1.165, 1.54) is 10.9 Å². The number of nitrogens with two attached hydrogens (primary N) is 1. The summed E-state index contributed by atoms with van der Waals surface area (Å²) in [5.74, 6) is 0.183. The normalized spacial score (nSPS) is 11.4. The Morgan fingerprint density at radius 2 is 2.12 bits per heavy atom. The van der Waals surface area contributed by atoms with Crippen molar-refractivity contribution in [2.24, 2.45) is 4.99 Å². The molecular weight excluding hydrogens is 206 g/mol. The highest BCUT2D eigenvalue weighted by Gasteiger charge is 2.02. The minimum absolute atomic E-state index is 0.183. The van der Waals surface area contributed by atoms with E-state index in [2.05, 4.69) is 10.1 Å². The van der Waals surface area contributed by atoms with Crippen molar-refractivity contribution < 1.29 is 5.21 Å². The van der Waals surface area contributed by atoms with Gasteiger partial charge in [-0.15, -0.1) is 0 Å². The summed E-state index contributed by atoms with van der Waals surface area (Å²) in [5.41, 5.74) is 8.69. The zero-order valence-electron chi connectivity index (χ0n) is 8.41. The van der Waals surface area contributed by atoms with Crippen molar-refractivity contribution in [3.8, 4) is 0 Å². The Balaban J connectivity index is 2.33. The van der Waals surface area contributed by atoms with Crippen LogP contribution in [-0.2, 0) is 0 Å². The molecule has 1 aromatic heterocycles. The van der Waals surface area contributed by atoms with Crippen molar-refractivity contribution in [2.45, 2.75) is 0 Å². The van der Waals surface area contributed by atoms with Crippen molar-refractivity contribution in [2.75, 3.05) is 5.73 Å². The SMILES string of the molecule is Nc1cnn(C(=Nc2ccccc2)NO)c1. The van der Waals surface area contributed by atoms with Crippen molar-refractivity contribution in [3.63, 3.8) is 0 Å². The van der Waals surface area contributed by atoms with Gasteiger partial charge in [-0.1, -0.05) is 18.2 Å². The molecule has 0 aliphatic rings. The molecule has 0 aliphatic carbocycles. The fraction of sp³-hybridized carbons (Fsp3) is 0. The molecule has 82 valence electrons. The molecule has 0 saturated carbocycles. The highest BCUT2D eigenvalue weighted by atomic mass is 16.5. The van der Waals surface area contributed by atoms with Gasteiger partial charge in [0, 0.05) is 0 Å². The highest BCUT2D eigenvalue weighted by Crippen LogP contribution is 2.10. The monoisotopic (exact) mass is 217 g/mol. The van der Waals surface area contributed by atoms with Crippen LogP contribution in [-0.4, -0.2) is 20.9 Å². The molecule has 1 heterocycles. The van der Waals surface area contributed by atoms with Crippen LogP contribution < -0.4 is 11.2 Å². The summed E-state index contributed by atoms with van der Waals surface area (Å²) in [6.45, 7) is 0. The topological polar surface area (TPSA) is 88.5 Å². The Morgan fingerprint density at radius 1 is 1.38 bits per heavy atom. The van der Waals surface area contributed by atoms with Gasteiger partial charge in [-0.2, -0.15) is 5.10 Å². The van der Waals surface area contributed by atoms with Crippen molar-refractivity contribution in [1.29, 1.82) is 0 Å². The third-order valence-corrected chi connectivity index (χ3v) is 1.91. The standard InChI is InChI=1S/C10H11N5O/c11-8-6-12-15(7-8)10(14-16)13-9-4-2-1-3-5-9/h1-7,16H,11H2,(H,13,14). The van der Waals surface area contributed by atoms with Gasteiger partial charge in [0.05, 0.1) is 23.8 Å². The molecule has 0 fully saturated rings. The average molecular weight is 217 g/mol. The molecule has 0 radical (unpaired) electrons. The van der Waals surface area contributed by atoms with E-state index in [0.29, 0.717) is 11.4 Å². The van der Waals surface area contributed by atoms with Gasteiger partial charge in [0.1, 0.15) is 0 Å². The van der Waals surface area contributed by atoms with Gasteiger partial charge in [0.2, 0.25) is 5.96 Å². The van der Waals surface area contributed by atoms with Crippen LogP contribution in [0.3, 0.4) is 0 Å². The van der Waals surface area contributed by atoms with Gasteiger partial charge in [0.25, 0.3) is 0 Å². The van der Waals surface area contributed by atoms with Crippen LogP contribution in [0.2, 0.25) is 0 Å². The van der Waals surface area contributed by atoms with Gasteiger partial charge in [0.15, 0.2) is 0 Å². The summed E-state index contributed by atoms with van der Waals surface area (Å²) >= 11 is 0. The Bertz CT molecular complexity index is 491. The first-order chi connectivity index (χ1) is 7.79. The maximum absolute atomic E-state index is 8.97. The lowest BCUT2D eigenvalue weighted by Crippen LogP contribution is -2.27. The fourth-order valence-electron chi connectivity index (χ4n) is 1.20. The molecule has 6 nitrogen and oxygen atoms in total. The molecule has 0 aliphatic heterocycles. The minimum Gasteiger partial charge on any atom is -0.396 e. The number of nitrogen functional groups attached to an aromatic ring is 1. The van der Waals surface area contributed by atoms with Gasteiger partial charge in [-0.05, 0) is 12.1 Å². The largest absolute Gasteiger partial charge is 0.396 e. The van der Waals surface area contributed by atoms with E-state index in [4.69, 9.17) is 10.9 Å². The number of rotatable bonds is 1. The molecular formula is C10H11N5O. The number of benzene rings is 1. The van der Waals surface area contributed by atoms with E-state index >= 15 is 0 Å². The minimum atomic E-state index is 0.183. The predicted molar refractivity (Wildman–Crippen MR) is 60.5 cm³/mol. The van der Waals surface area contributed by atoms with E-state index in [1.807, 2.05) is 35.8 Å². The van der Waals surface area contributed by atoms with Crippen molar-refractivity contribution in [1.82, 2.24) is 15.3 Å². The number of nitrogens with zero attached hydrogens (tertiary/aromatic N) is 3. The second-order valence-corrected chi connectivity index (χ2v) is 3.10. The Hall–Kier alpha value is -2.34. The number of aliphatic imine (C=N–C) groups is 1. The third kappa shape index (κ3) is 2.18. The number of hydroxylamine groups is 1. The van der Waals surface area contributed by atoms with Crippen LogP contribution in [0.25, 0.3) is 0 Å². The zero-order valence-corrected chi connectivity index (χ0v) is 8.41. The molecule has 0 saturated heterocycles. The molecule has 1 aromatic carbocycles. The number of aromatic nitrogens is 2. The summed E-state index contributed by atoms with van der Waals surface area (Å²) < 4.78 is 1.35. The maximum Gasteiger partial charge on any atom is 0.248 e. The number of anilines is 1. The van der Waals surface area contributed by atoms with E-state index in [-0.39, 0.29) is 5.96 Å². The molecule has 0 unspecified atom stereocenters. The molecule has 2 rings (SSSR count). The van der Waals surface area contributed by atoms with Crippen LogP contribution in [0.4, 0.5) is 11.4 Å². The van der Waals surface area contributed by atoms with Crippen LogP contribution in [0.5, 0.6) is 0 Å². The summed E-state index contributed by atoms with van der Waals surface area (Å²) in [6.07, 6.45) is 3.02. The van der Waals surface area contributed by atoms with Gasteiger partial charge >= 0.3 is 0 Å². The van der Waals surface area contributed by atoms with E-state index < -0.39 is 0 Å². The maximum atomic E-state index is 8.97. The third-order valence-electron chi connectivity index (χ3n) is 1.91. The predicted octanol–water partition coefficient (Wildman–Crippen LogP) is 0.980. The lowest BCUT2D eigenvalue weighted by Gasteiger charge is -2.03. The van der Waals surface area contributed by atoms with Crippen LogP contribution in [0.15, 0.2) is 47.7 Å². The zero-order chi connectivity index (χ0) is 11.4. The fourth-order valence-corrected chi connectivity index (χ4v) is 1.20. The van der Waals surface area contributed by atoms with E-state index in [1.54, 1.807) is 6.20 Å². The summed E-state index contributed by atoms with van der Waals surface area (Å²) in [4.78, 5) is 4.16. The average Bonchev–Trinajstić information content (AvgIpc) is 2.74. The number of nitrogens with one attached hydrogen (secondary N) is 1. The molecule has 2 aromatic rings. The van der Waals surface area contributed by atoms with E-state index in [9.17, 15) is 0 Å². The number of hydrogen-bond donors (Lipinski definition) is 3. The number of para-hydroxylation sites is 1. The lowest BCUT2D eigenvalue weighted by atomic mass is 10.3. The van der Waals surface area contributed by atoms with Crippen molar-refractivity contribution >= 4 is 17.3 Å². The second kappa shape index (κ2) is 4.45. The molecule has 0 atom stereocenters. The first kappa shape index (κ1) is 10.2. The van der Waals surface area contributed by atoms with E-state index in [0.717, 1.165) is 0 Å². The highest BCUT2D eigenvalue weighted by molar-refractivity contribution is 5.83. The first-order valence-electron chi connectivity index (χ1n) is 4.64. The van der Waals surface area contributed by atoms with Crippen LogP contribution in [0.1, 0.15) is 0 Å². The van der Waals surface area contributed by atoms with Gasteiger partial charge < -0.3 is 5.73 Å². The summed E-state index contributed by atoms with van der Waals surface area (Å²) in [6, 6.07) is 9.21.